The topological polar surface area (TPSA) is 155 Å². The van der Waals surface area contributed by atoms with Crippen LogP contribution in [0.2, 0.25) is 0 Å². The van der Waals surface area contributed by atoms with Gasteiger partial charge in [0.15, 0.2) is 12.1 Å². The van der Waals surface area contributed by atoms with Gasteiger partial charge < -0.3 is 48.6 Å². The first-order chi connectivity index (χ1) is 26.4. The Morgan fingerprint density at radius 1 is 1.00 bits per heavy atom. The van der Waals surface area contributed by atoms with E-state index in [4.69, 9.17) is 33.2 Å². The Kier molecular flexibility index (Phi) is 12.3. The summed E-state index contributed by atoms with van der Waals surface area (Å²) in [4.78, 5) is 14.4. The molecule has 2 bridgehead atoms. The Hall–Kier alpha value is -2.68. The van der Waals surface area contributed by atoms with Crippen LogP contribution < -0.4 is 0 Å². The molecule has 5 heterocycles. The Morgan fingerprint density at radius 2 is 1.78 bits per heavy atom. The minimum Gasteiger partial charge on any atom is -0.462 e. The molecule has 5 aliphatic heterocycles. The van der Waals surface area contributed by atoms with Crippen molar-refractivity contribution in [2.24, 2.45) is 28.8 Å². The summed E-state index contributed by atoms with van der Waals surface area (Å²) in [5.41, 5.74) is 0.299. The molecule has 0 aromatic carbocycles. The van der Waals surface area contributed by atoms with Gasteiger partial charge in [0.1, 0.15) is 35.5 Å². The van der Waals surface area contributed by atoms with Gasteiger partial charge in [-0.15, -0.1) is 0 Å². The SMILES string of the molecule is CO[C@H]1C[C@H](O[C@@H]2/C(C)=C/C[C@@H]3C[C@@H](C[C@]4(C=C[C@H](C)[C@@H](C5CCCCC5)O4)O3)OC(=O)[C@@H]3C=C(C)/C(=N\O)[C@H]4OC/C(=C\C=C\[C@@H]2C)[C@]43O)O[C@@H](C)[C@@H]1O. The lowest BCUT2D eigenvalue weighted by molar-refractivity contribution is -0.301. The van der Waals surface area contributed by atoms with Crippen molar-refractivity contribution in [2.75, 3.05) is 13.7 Å². The highest BCUT2D eigenvalue weighted by Crippen LogP contribution is 2.47. The zero-order valence-corrected chi connectivity index (χ0v) is 33.2. The average molecular weight is 768 g/mol. The molecular weight excluding hydrogens is 706 g/mol. The highest BCUT2D eigenvalue weighted by Gasteiger charge is 2.60. The van der Waals surface area contributed by atoms with Crippen LogP contribution in [-0.2, 0) is 38.0 Å². The molecule has 14 atom stereocenters. The highest BCUT2D eigenvalue weighted by molar-refractivity contribution is 6.06. The van der Waals surface area contributed by atoms with E-state index in [0.29, 0.717) is 42.7 Å². The first kappa shape index (κ1) is 40.5. The number of hydrogen-bond acceptors (Lipinski definition) is 12. The Balaban J connectivity index is 1.26. The molecule has 0 aromatic heterocycles. The Bertz CT molecular complexity index is 1600. The van der Waals surface area contributed by atoms with Crippen molar-refractivity contribution in [1.82, 2.24) is 0 Å². The second-order valence-corrected chi connectivity index (χ2v) is 17.0. The number of oxime groups is 1. The number of aliphatic hydroxyl groups excluding tert-OH is 1. The fourth-order valence-corrected chi connectivity index (χ4v) is 9.99. The van der Waals surface area contributed by atoms with E-state index in [-0.39, 0.29) is 36.4 Å². The van der Waals surface area contributed by atoms with Gasteiger partial charge in [-0.2, -0.15) is 0 Å². The molecule has 0 radical (unpaired) electrons. The van der Waals surface area contributed by atoms with Gasteiger partial charge in [-0.05, 0) is 68.7 Å². The molecule has 55 heavy (non-hydrogen) atoms. The van der Waals surface area contributed by atoms with Crippen LogP contribution in [-0.4, -0.2) is 107 Å². The van der Waals surface area contributed by atoms with Gasteiger partial charge in [0.25, 0.3) is 0 Å². The number of aliphatic hydroxyl groups is 2. The van der Waals surface area contributed by atoms with Crippen molar-refractivity contribution in [1.29, 1.82) is 0 Å². The summed E-state index contributed by atoms with van der Waals surface area (Å²) >= 11 is 0. The van der Waals surface area contributed by atoms with Crippen LogP contribution in [0.25, 0.3) is 0 Å². The second-order valence-electron chi connectivity index (χ2n) is 17.0. The number of ether oxygens (including phenoxy) is 7. The summed E-state index contributed by atoms with van der Waals surface area (Å²) in [6, 6.07) is 0. The number of nitrogens with zero attached hydrogens (tertiary/aromatic N) is 1. The van der Waals surface area contributed by atoms with Crippen molar-refractivity contribution in [3.8, 4) is 0 Å². The van der Waals surface area contributed by atoms with Gasteiger partial charge in [-0.3, -0.25) is 4.79 Å². The largest absolute Gasteiger partial charge is 0.462 e. The van der Waals surface area contributed by atoms with Crippen molar-refractivity contribution in [3.05, 3.63) is 59.3 Å². The lowest BCUT2D eigenvalue weighted by Gasteiger charge is -2.49. The van der Waals surface area contributed by atoms with E-state index < -0.39 is 66.2 Å². The van der Waals surface area contributed by atoms with Gasteiger partial charge >= 0.3 is 5.97 Å². The molecule has 7 aliphatic rings. The van der Waals surface area contributed by atoms with Gasteiger partial charge in [0.2, 0.25) is 0 Å². The Labute approximate surface area is 325 Å². The van der Waals surface area contributed by atoms with Crippen LogP contribution >= 0.6 is 0 Å². The molecule has 3 N–H and O–H groups in total. The monoisotopic (exact) mass is 767 g/mol. The molecule has 12 nitrogen and oxygen atoms in total. The fourth-order valence-electron chi connectivity index (χ4n) is 9.99. The molecule has 0 aromatic rings. The van der Waals surface area contributed by atoms with Crippen molar-refractivity contribution >= 4 is 11.7 Å². The van der Waals surface area contributed by atoms with Crippen molar-refractivity contribution in [2.45, 2.75) is 159 Å². The maximum atomic E-state index is 14.4. The summed E-state index contributed by atoms with van der Waals surface area (Å²) in [6.45, 7) is 9.87. The van der Waals surface area contributed by atoms with E-state index in [1.807, 2.05) is 32.1 Å². The van der Waals surface area contributed by atoms with Crippen LogP contribution in [0.5, 0.6) is 0 Å². The van der Waals surface area contributed by atoms with Crippen LogP contribution in [0.1, 0.15) is 92.4 Å². The van der Waals surface area contributed by atoms with Crippen LogP contribution in [0.3, 0.4) is 0 Å². The van der Waals surface area contributed by atoms with Crippen LogP contribution in [0.4, 0.5) is 0 Å². The number of methoxy groups -OCH3 is 1. The van der Waals surface area contributed by atoms with Crippen LogP contribution in [0.15, 0.2) is 64.4 Å². The normalized spacial score (nSPS) is 47.6. The summed E-state index contributed by atoms with van der Waals surface area (Å²) in [5, 5.41) is 36.6. The number of fused-ring (bicyclic) bond motifs is 2. The van der Waals surface area contributed by atoms with E-state index in [2.05, 4.69) is 31.2 Å². The summed E-state index contributed by atoms with van der Waals surface area (Å²) < 4.78 is 44.9. The first-order valence-corrected chi connectivity index (χ1v) is 20.4. The molecule has 4 fully saturated rings. The van der Waals surface area contributed by atoms with E-state index in [9.17, 15) is 20.2 Å². The number of esters is 1. The second kappa shape index (κ2) is 16.7. The number of rotatable bonds is 4. The van der Waals surface area contributed by atoms with E-state index in [1.54, 1.807) is 26.2 Å². The molecule has 1 saturated carbocycles. The minimum absolute atomic E-state index is 0.0156. The first-order valence-electron chi connectivity index (χ1n) is 20.4. The number of hydrogen-bond donors (Lipinski definition) is 3. The zero-order chi connectivity index (χ0) is 39.1. The molecule has 2 aliphatic carbocycles. The maximum Gasteiger partial charge on any atom is 0.316 e. The maximum absolute atomic E-state index is 14.4. The highest BCUT2D eigenvalue weighted by atomic mass is 16.7. The van der Waals surface area contributed by atoms with E-state index in [0.717, 1.165) is 18.4 Å². The van der Waals surface area contributed by atoms with Crippen molar-refractivity contribution < 1.29 is 53.4 Å². The molecule has 7 rings (SSSR count). The molecule has 0 amide bonds. The zero-order valence-electron chi connectivity index (χ0n) is 33.2. The summed E-state index contributed by atoms with van der Waals surface area (Å²) in [6.07, 6.45) is 16.4. The number of carbonyl (C=O) groups excluding carboxylic acids is 1. The lowest BCUT2D eigenvalue weighted by Crippen LogP contribution is -2.57. The third-order valence-corrected chi connectivity index (χ3v) is 13.1. The third kappa shape index (κ3) is 8.08. The molecule has 0 unspecified atom stereocenters. The van der Waals surface area contributed by atoms with Crippen LogP contribution in [0, 0.1) is 23.7 Å². The number of allylic oxidation sites excluding steroid dienone is 2. The predicted molar refractivity (Wildman–Crippen MR) is 203 cm³/mol. The average Bonchev–Trinajstić information content (AvgIpc) is 3.50. The third-order valence-electron chi connectivity index (χ3n) is 13.1. The molecule has 1 spiro atoms. The fraction of sp³-hybridized carbons (Fsp3) is 0.721. The van der Waals surface area contributed by atoms with E-state index in [1.165, 1.54) is 19.3 Å². The summed E-state index contributed by atoms with van der Waals surface area (Å²) in [7, 11) is 1.58. The van der Waals surface area contributed by atoms with E-state index >= 15 is 0 Å². The smallest absolute Gasteiger partial charge is 0.316 e. The number of carbonyl (C=O) groups is 1. The lowest BCUT2D eigenvalue weighted by atomic mass is 9.71. The minimum atomic E-state index is -1.85. The Morgan fingerprint density at radius 3 is 2.53 bits per heavy atom. The molecule has 3 saturated heterocycles. The summed E-state index contributed by atoms with van der Waals surface area (Å²) in [5.74, 6) is -2.30. The van der Waals surface area contributed by atoms with Gasteiger partial charge in [0.05, 0.1) is 37.1 Å². The molecule has 12 heteroatoms. The standard InChI is InChI=1S/C43H61NO11/c1-24-11-10-14-30-23-50-40-36(44-48)27(4)19-33(43(30,40)47)41(46)52-32-20-31(16-15-25(2)38(24)53-35-21-34(49-6)37(45)28(5)51-35)54-42(22-32)18-17-26(3)39(55-42)29-12-8-7-9-13-29/h10-11,14-15,17-19,24,26,28-29,31-35,37-40,45,47-48H,7-9,12-13,16,20-23H2,1-6H3/b11-10+,25-15+,30-14+,44-36+/t24-,26-,28-,31+,32-,33-,34-,35-,37-,38-,39-,40+,42+,43+/m0/s1. The molecular formula is C43H61NO11. The van der Waals surface area contributed by atoms with Crippen molar-refractivity contribution in [3.63, 3.8) is 0 Å². The quantitative estimate of drug-likeness (QED) is 0.137. The molecule has 304 valence electrons. The van der Waals surface area contributed by atoms with Gasteiger partial charge in [-0.1, -0.05) is 74.7 Å². The predicted octanol–water partition coefficient (Wildman–Crippen LogP) is 5.85. The van der Waals surface area contributed by atoms with Gasteiger partial charge in [-0.25, -0.2) is 0 Å². The van der Waals surface area contributed by atoms with Gasteiger partial charge in [0, 0.05) is 38.2 Å².